The summed E-state index contributed by atoms with van der Waals surface area (Å²) >= 11 is 15.4. The fraction of sp³-hybridized carbons (Fsp3) is 0.417. The first-order chi connectivity index (χ1) is 8.08. The Morgan fingerprint density at radius 3 is 2.82 bits per heavy atom. The van der Waals surface area contributed by atoms with Crippen molar-refractivity contribution in [3.63, 3.8) is 0 Å². The van der Waals surface area contributed by atoms with Crippen molar-refractivity contribution in [1.29, 1.82) is 0 Å². The van der Waals surface area contributed by atoms with E-state index in [0.717, 1.165) is 25.9 Å². The Balaban J connectivity index is 2.18. The lowest BCUT2D eigenvalue weighted by Gasteiger charge is -2.30. The highest BCUT2D eigenvalue weighted by Crippen LogP contribution is 2.24. The predicted molar refractivity (Wildman–Crippen MR) is 74.3 cm³/mol. The van der Waals surface area contributed by atoms with Gasteiger partial charge in [0.15, 0.2) is 0 Å². The maximum Gasteiger partial charge on any atom is 0.255 e. The van der Waals surface area contributed by atoms with Gasteiger partial charge in [0.25, 0.3) is 5.91 Å². The van der Waals surface area contributed by atoms with Gasteiger partial charge >= 0.3 is 0 Å². The first-order valence-electron chi connectivity index (χ1n) is 5.46. The molecule has 1 atom stereocenters. The number of piperidine rings is 1. The molecule has 1 aliphatic heterocycles. The Kier molecular flexibility index (Phi) is 4.34. The smallest absolute Gasteiger partial charge is 0.255 e. The molecule has 0 radical (unpaired) electrons. The fourth-order valence-electron chi connectivity index (χ4n) is 1.94. The summed E-state index contributed by atoms with van der Waals surface area (Å²) in [7, 11) is 0. The van der Waals surface area contributed by atoms with Gasteiger partial charge in [0.05, 0.1) is 10.6 Å². The van der Waals surface area contributed by atoms with Gasteiger partial charge < -0.3 is 4.90 Å². The minimum Gasteiger partial charge on any atom is -0.337 e. The fourth-order valence-corrected chi connectivity index (χ4v) is 3.11. The minimum absolute atomic E-state index is 0.0178. The lowest BCUT2D eigenvalue weighted by Crippen LogP contribution is -2.40. The number of rotatable bonds is 1. The zero-order chi connectivity index (χ0) is 12.4. The predicted octanol–water partition coefficient (Wildman–Crippen LogP) is 3.99. The van der Waals surface area contributed by atoms with Gasteiger partial charge in [0, 0.05) is 22.9 Å². The molecular weight excluding hydrogens is 325 g/mol. The Morgan fingerprint density at radius 2 is 2.18 bits per heavy atom. The minimum atomic E-state index is -0.0178. The van der Waals surface area contributed by atoms with Gasteiger partial charge in [-0.3, -0.25) is 4.79 Å². The zero-order valence-electron chi connectivity index (χ0n) is 9.13. The van der Waals surface area contributed by atoms with E-state index in [-0.39, 0.29) is 5.91 Å². The van der Waals surface area contributed by atoms with Crippen molar-refractivity contribution < 1.29 is 4.79 Å². The zero-order valence-corrected chi connectivity index (χ0v) is 12.2. The van der Waals surface area contributed by atoms with Crippen molar-refractivity contribution in [1.82, 2.24) is 4.90 Å². The molecule has 1 amide bonds. The summed E-state index contributed by atoms with van der Waals surface area (Å²) in [6, 6.07) is 4.98. The lowest BCUT2D eigenvalue weighted by molar-refractivity contribution is 0.0730. The topological polar surface area (TPSA) is 20.3 Å². The summed E-state index contributed by atoms with van der Waals surface area (Å²) in [6.45, 7) is 1.53. The molecule has 5 heteroatoms. The van der Waals surface area contributed by atoms with Crippen LogP contribution >= 0.6 is 39.1 Å². The van der Waals surface area contributed by atoms with E-state index in [2.05, 4.69) is 15.9 Å². The van der Waals surface area contributed by atoms with Gasteiger partial charge in [-0.25, -0.2) is 0 Å². The lowest BCUT2D eigenvalue weighted by atomic mass is 10.1. The van der Waals surface area contributed by atoms with Crippen LogP contribution in [0.4, 0.5) is 0 Å². The van der Waals surface area contributed by atoms with Crippen LogP contribution < -0.4 is 0 Å². The quantitative estimate of drug-likeness (QED) is 0.710. The van der Waals surface area contributed by atoms with E-state index in [1.807, 2.05) is 4.90 Å². The van der Waals surface area contributed by atoms with E-state index in [9.17, 15) is 4.79 Å². The van der Waals surface area contributed by atoms with Crippen LogP contribution in [-0.2, 0) is 0 Å². The first kappa shape index (κ1) is 13.2. The maximum absolute atomic E-state index is 12.3. The number of carbonyl (C=O) groups is 1. The van der Waals surface area contributed by atoms with E-state index < -0.39 is 0 Å². The number of amides is 1. The molecule has 0 aliphatic carbocycles. The molecular formula is C12H12BrCl2NO. The first-order valence-corrected chi connectivity index (χ1v) is 7.13. The van der Waals surface area contributed by atoms with Crippen molar-refractivity contribution in [2.24, 2.45) is 0 Å². The third kappa shape index (κ3) is 3.15. The van der Waals surface area contributed by atoms with E-state index in [0.29, 0.717) is 20.4 Å². The maximum atomic E-state index is 12.3. The Hall–Kier alpha value is -0.250. The third-order valence-corrected chi connectivity index (χ3v) is 4.11. The van der Waals surface area contributed by atoms with E-state index in [4.69, 9.17) is 23.2 Å². The van der Waals surface area contributed by atoms with Gasteiger partial charge in [-0.05, 0) is 31.0 Å². The highest BCUT2D eigenvalue weighted by Gasteiger charge is 2.24. The van der Waals surface area contributed by atoms with Crippen molar-refractivity contribution >= 4 is 45.0 Å². The van der Waals surface area contributed by atoms with E-state index >= 15 is 0 Å². The number of likely N-dealkylation sites (tertiary alicyclic amines) is 1. The molecule has 0 spiro atoms. The average Bonchev–Trinajstić information content (AvgIpc) is 2.28. The highest BCUT2D eigenvalue weighted by molar-refractivity contribution is 9.09. The molecule has 1 fully saturated rings. The molecule has 1 unspecified atom stereocenters. The van der Waals surface area contributed by atoms with Crippen molar-refractivity contribution in [2.45, 2.75) is 17.7 Å². The number of alkyl halides is 1. The van der Waals surface area contributed by atoms with Crippen LogP contribution in [0.5, 0.6) is 0 Å². The molecule has 1 heterocycles. The summed E-state index contributed by atoms with van der Waals surface area (Å²) in [5.74, 6) is -0.0178. The molecule has 0 N–H and O–H groups in total. The van der Waals surface area contributed by atoms with Gasteiger partial charge in [0.1, 0.15) is 0 Å². The summed E-state index contributed by atoms with van der Waals surface area (Å²) in [5, 5.41) is 0.961. The van der Waals surface area contributed by atoms with Gasteiger partial charge in [-0.1, -0.05) is 39.1 Å². The van der Waals surface area contributed by atoms with Crippen LogP contribution in [0, 0.1) is 0 Å². The molecule has 2 nitrogen and oxygen atoms in total. The van der Waals surface area contributed by atoms with Crippen LogP contribution in [0.1, 0.15) is 23.2 Å². The van der Waals surface area contributed by atoms with Gasteiger partial charge in [-0.15, -0.1) is 0 Å². The van der Waals surface area contributed by atoms with Crippen molar-refractivity contribution in [3.8, 4) is 0 Å². The molecule has 0 saturated carbocycles. The molecule has 1 aromatic rings. The van der Waals surface area contributed by atoms with E-state index in [1.54, 1.807) is 18.2 Å². The number of hydrogen-bond acceptors (Lipinski definition) is 1. The second-order valence-corrected chi connectivity index (χ2v) is 6.25. The second kappa shape index (κ2) is 5.59. The molecule has 1 saturated heterocycles. The largest absolute Gasteiger partial charge is 0.337 e. The summed E-state index contributed by atoms with van der Waals surface area (Å²) in [5.41, 5.74) is 0.526. The normalized spacial score (nSPS) is 20.4. The second-order valence-electron chi connectivity index (χ2n) is 4.11. The molecule has 0 bridgehead atoms. The van der Waals surface area contributed by atoms with Crippen LogP contribution in [-0.4, -0.2) is 28.7 Å². The Labute approximate surface area is 119 Å². The molecule has 0 aromatic heterocycles. The highest BCUT2D eigenvalue weighted by atomic mass is 79.9. The molecule has 2 rings (SSSR count). The van der Waals surface area contributed by atoms with Gasteiger partial charge in [-0.2, -0.15) is 0 Å². The summed E-state index contributed by atoms with van der Waals surface area (Å²) in [6.07, 6.45) is 2.13. The molecule has 1 aromatic carbocycles. The van der Waals surface area contributed by atoms with Gasteiger partial charge in [0.2, 0.25) is 0 Å². The van der Waals surface area contributed by atoms with E-state index in [1.165, 1.54) is 0 Å². The average molecular weight is 337 g/mol. The third-order valence-electron chi connectivity index (χ3n) is 2.81. The summed E-state index contributed by atoms with van der Waals surface area (Å²) in [4.78, 5) is 14.5. The van der Waals surface area contributed by atoms with Crippen LogP contribution in [0.25, 0.3) is 0 Å². The van der Waals surface area contributed by atoms with Crippen LogP contribution in [0.3, 0.4) is 0 Å². The number of nitrogens with zero attached hydrogens (tertiary/aromatic N) is 1. The summed E-state index contributed by atoms with van der Waals surface area (Å²) < 4.78 is 0. The SMILES string of the molecule is O=C(c1ccc(Cl)cc1Cl)N1CCCC(Br)C1. The number of halogens is 3. The standard InChI is InChI=1S/C12H12BrCl2NO/c13-8-2-1-5-16(7-8)12(17)10-4-3-9(14)6-11(10)15/h3-4,6,8H,1-2,5,7H2. The molecule has 17 heavy (non-hydrogen) atoms. The number of hydrogen-bond donors (Lipinski definition) is 0. The van der Waals surface area contributed by atoms with Crippen LogP contribution in [0.15, 0.2) is 18.2 Å². The van der Waals surface area contributed by atoms with Crippen LogP contribution in [0.2, 0.25) is 10.0 Å². The molecule has 92 valence electrons. The monoisotopic (exact) mass is 335 g/mol. The Bertz CT molecular complexity index is 439. The molecule has 1 aliphatic rings. The number of benzene rings is 1. The van der Waals surface area contributed by atoms with Crippen molar-refractivity contribution in [3.05, 3.63) is 33.8 Å². The Morgan fingerprint density at radius 1 is 1.41 bits per heavy atom. The number of carbonyl (C=O) groups excluding carboxylic acids is 1. The van der Waals surface area contributed by atoms with Crippen molar-refractivity contribution in [2.75, 3.05) is 13.1 Å².